The van der Waals surface area contributed by atoms with E-state index in [4.69, 9.17) is 0 Å². The third-order valence-electron chi connectivity index (χ3n) is 5.41. The van der Waals surface area contributed by atoms with Crippen molar-refractivity contribution in [1.29, 1.82) is 0 Å². The summed E-state index contributed by atoms with van der Waals surface area (Å²) in [5.74, 6) is 0.456. The van der Waals surface area contributed by atoms with E-state index >= 15 is 0 Å². The number of piperidine rings is 1. The maximum atomic E-state index is 12.7. The second-order valence-electron chi connectivity index (χ2n) is 7.46. The Bertz CT molecular complexity index is 1020. The number of likely N-dealkylation sites (tertiary alicyclic amines) is 1. The smallest absolute Gasteiger partial charge is 0.286 e. The van der Waals surface area contributed by atoms with Crippen molar-refractivity contribution in [2.45, 2.75) is 37.0 Å². The molecule has 1 aromatic heterocycles. The van der Waals surface area contributed by atoms with Crippen molar-refractivity contribution in [3.8, 4) is 0 Å². The molecule has 0 radical (unpaired) electrons. The van der Waals surface area contributed by atoms with Crippen molar-refractivity contribution >= 4 is 27.5 Å². The van der Waals surface area contributed by atoms with E-state index in [0.29, 0.717) is 31.0 Å². The molecule has 2 aliphatic heterocycles. The highest BCUT2D eigenvalue weighted by Crippen LogP contribution is 2.30. The van der Waals surface area contributed by atoms with Gasteiger partial charge in [0.05, 0.1) is 5.69 Å². The number of hydrogen-bond acceptors (Lipinski definition) is 5. The van der Waals surface area contributed by atoms with Crippen LogP contribution < -0.4 is 5.32 Å². The summed E-state index contributed by atoms with van der Waals surface area (Å²) >= 11 is 0. The lowest BCUT2D eigenvalue weighted by atomic mass is 9.96. The first-order valence-corrected chi connectivity index (χ1v) is 11.3. The molecular formula is C21H24N4O3S. The predicted octanol–water partition coefficient (Wildman–Crippen LogP) is 2.86. The Morgan fingerprint density at radius 2 is 1.97 bits per heavy atom. The number of aryl methyl sites for hydroxylation is 1. The van der Waals surface area contributed by atoms with Gasteiger partial charge in [-0.25, -0.2) is 0 Å². The molecule has 1 atom stereocenters. The first-order chi connectivity index (χ1) is 14.0. The third-order valence-corrected chi connectivity index (χ3v) is 6.76. The Balaban J connectivity index is 1.38. The number of carbonyl (C=O) groups is 1. The Kier molecular flexibility index (Phi) is 5.62. The van der Waals surface area contributed by atoms with Crippen LogP contribution in [0.3, 0.4) is 0 Å². The molecule has 4 rings (SSSR count). The Morgan fingerprint density at radius 1 is 1.17 bits per heavy atom. The number of amidine groups is 1. The molecule has 0 aliphatic carbocycles. The van der Waals surface area contributed by atoms with E-state index in [-0.39, 0.29) is 16.7 Å². The first-order valence-electron chi connectivity index (χ1n) is 9.90. The average molecular weight is 413 g/mol. The van der Waals surface area contributed by atoms with Gasteiger partial charge in [-0.05, 0) is 55.5 Å². The van der Waals surface area contributed by atoms with Crippen LogP contribution in [0.25, 0.3) is 0 Å². The van der Waals surface area contributed by atoms with Crippen molar-refractivity contribution in [3.63, 3.8) is 0 Å². The van der Waals surface area contributed by atoms with Crippen LogP contribution in [0.15, 0.2) is 58.1 Å². The number of rotatable bonds is 5. The van der Waals surface area contributed by atoms with Crippen LogP contribution in [0.5, 0.6) is 0 Å². The number of para-hydroxylation sites is 1. The number of benzene rings is 1. The summed E-state index contributed by atoms with van der Waals surface area (Å²) in [6, 6.07) is 10.7. The average Bonchev–Trinajstić information content (AvgIpc) is 2.74. The van der Waals surface area contributed by atoms with Gasteiger partial charge in [-0.1, -0.05) is 12.1 Å². The van der Waals surface area contributed by atoms with Gasteiger partial charge < -0.3 is 10.2 Å². The molecule has 3 heterocycles. The summed E-state index contributed by atoms with van der Waals surface area (Å²) in [6.45, 7) is 1.21. The number of aromatic nitrogens is 1. The molecule has 29 heavy (non-hydrogen) atoms. The molecule has 0 saturated carbocycles. The zero-order valence-electron chi connectivity index (χ0n) is 16.1. The lowest BCUT2D eigenvalue weighted by Crippen LogP contribution is -2.44. The second-order valence-corrected chi connectivity index (χ2v) is 9.03. The zero-order chi connectivity index (χ0) is 20.3. The Hall–Kier alpha value is -2.74. The molecule has 8 heteroatoms. The summed E-state index contributed by atoms with van der Waals surface area (Å²) in [4.78, 5) is 18.7. The van der Waals surface area contributed by atoms with Gasteiger partial charge in [-0.3, -0.25) is 9.78 Å². The SMILES string of the molecule is O=C(CCCc1ccncc1)N1CCC[C@H](C2=NS(=O)(=O)c3ccccc3N2)C1. The monoisotopic (exact) mass is 412 g/mol. The molecule has 1 fully saturated rings. The summed E-state index contributed by atoms with van der Waals surface area (Å²) in [5, 5.41) is 3.17. The fourth-order valence-corrected chi connectivity index (χ4v) is 5.09. The number of amides is 1. The number of pyridine rings is 1. The van der Waals surface area contributed by atoms with Crippen molar-refractivity contribution in [2.24, 2.45) is 10.3 Å². The quantitative estimate of drug-likeness (QED) is 0.815. The Labute approximate surface area is 170 Å². The molecule has 2 aliphatic rings. The summed E-state index contributed by atoms with van der Waals surface area (Å²) in [7, 11) is -3.71. The zero-order valence-corrected chi connectivity index (χ0v) is 16.9. The molecular weight excluding hydrogens is 388 g/mol. The van der Waals surface area contributed by atoms with Crippen molar-refractivity contribution in [2.75, 3.05) is 18.4 Å². The van der Waals surface area contributed by atoms with E-state index in [1.54, 1.807) is 36.7 Å². The van der Waals surface area contributed by atoms with Crippen LogP contribution in [0.2, 0.25) is 0 Å². The molecule has 7 nitrogen and oxygen atoms in total. The van der Waals surface area contributed by atoms with Gasteiger partial charge in [0, 0.05) is 37.8 Å². The fraction of sp³-hybridized carbons (Fsp3) is 0.381. The van der Waals surface area contributed by atoms with Gasteiger partial charge in [0.1, 0.15) is 10.7 Å². The summed E-state index contributed by atoms with van der Waals surface area (Å²) < 4.78 is 29.0. The second kappa shape index (κ2) is 8.32. The van der Waals surface area contributed by atoms with Crippen LogP contribution in [-0.2, 0) is 21.2 Å². The van der Waals surface area contributed by atoms with E-state index < -0.39 is 10.0 Å². The highest BCUT2D eigenvalue weighted by Gasteiger charge is 2.32. The largest absolute Gasteiger partial charge is 0.342 e. The van der Waals surface area contributed by atoms with Crippen molar-refractivity contribution < 1.29 is 13.2 Å². The minimum atomic E-state index is -3.71. The summed E-state index contributed by atoms with van der Waals surface area (Å²) in [6.07, 6.45) is 7.27. The van der Waals surface area contributed by atoms with Gasteiger partial charge in [-0.15, -0.1) is 4.40 Å². The van der Waals surface area contributed by atoms with Gasteiger partial charge in [0.2, 0.25) is 5.91 Å². The predicted molar refractivity (Wildman–Crippen MR) is 111 cm³/mol. The standard InChI is InChI=1S/C21H24N4O3S/c26-20(9-3-5-16-10-12-22-13-11-16)25-14-4-6-17(15-25)21-23-18-7-1-2-8-19(18)29(27,28)24-21/h1-2,7-8,10-13,17H,3-6,9,14-15H2,(H,23,24)/t17-/m0/s1. The van der Waals surface area contributed by atoms with Gasteiger partial charge in [-0.2, -0.15) is 8.42 Å². The van der Waals surface area contributed by atoms with E-state index in [1.807, 2.05) is 17.0 Å². The molecule has 1 saturated heterocycles. The lowest BCUT2D eigenvalue weighted by molar-refractivity contribution is -0.132. The molecule has 1 amide bonds. The molecule has 0 bridgehead atoms. The highest BCUT2D eigenvalue weighted by molar-refractivity contribution is 7.90. The molecule has 2 aromatic rings. The van der Waals surface area contributed by atoms with Crippen LogP contribution in [0.4, 0.5) is 5.69 Å². The van der Waals surface area contributed by atoms with Crippen LogP contribution in [0, 0.1) is 5.92 Å². The lowest BCUT2D eigenvalue weighted by Gasteiger charge is -2.34. The maximum absolute atomic E-state index is 12.7. The number of fused-ring (bicyclic) bond motifs is 1. The number of hydrogen-bond donors (Lipinski definition) is 1. The van der Waals surface area contributed by atoms with E-state index in [2.05, 4.69) is 14.7 Å². The number of sulfonamides is 1. The minimum Gasteiger partial charge on any atom is -0.342 e. The molecule has 1 N–H and O–H groups in total. The number of anilines is 1. The van der Waals surface area contributed by atoms with Crippen molar-refractivity contribution in [1.82, 2.24) is 9.88 Å². The number of nitrogens with zero attached hydrogens (tertiary/aromatic N) is 3. The van der Waals surface area contributed by atoms with Crippen LogP contribution in [-0.4, -0.2) is 43.1 Å². The van der Waals surface area contributed by atoms with Crippen molar-refractivity contribution in [3.05, 3.63) is 54.4 Å². The molecule has 152 valence electrons. The van der Waals surface area contributed by atoms with E-state index in [9.17, 15) is 13.2 Å². The molecule has 0 unspecified atom stereocenters. The normalized spacial score (nSPS) is 20.3. The Morgan fingerprint density at radius 3 is 2.79 bits per heavy atom. The first kappa shape index (κ1) is 19.6. The third kappa shape index (κ3) is 4.48. The fourth-order valence-electron chi connectivity index (χ4n) is 3.89. The minimum absolute atomic E-state index is 0.101. The summed E-state index contributed by atoms with van der Waals surface area (Å²) in [5.41, 5.74) is 1.73. The highest BCUT2D eigenvalue weighted by atomic mass is 32.2. The maximum Gasteiger partial charge on any atom is 0.286 e. The van der Waals surface area contributed by atoms with Gasteiger partial charge in [0.15, 0.2) is 0 Å². The molecule has 1 aromatic carbocycles. The number of carbonyl (C=O) groups excluding carboxylic acids is 1. The van der Waals surface area contributed by atoms with Gasteiger partial charge >= 0.3 is 0 Å². The molecule has 0 spiro atoms. The van der Waals surface area contributed by atoms with Crippen LogP contribution in [0.1, 0.15) is 31.2 Å². The number of nitrogens with one attached hydrogen (secondary N) is 1. The topological polar surface area (TPSA) is 91.7 Å². The van der Waals surface area contributed by atoms with Gasteiger partial charge in [0.25, 0.3) is 10.0 Å². The van der Waals surface area contributed by atoms with Crippen LogP contribution >= 0.6 is 0 Å². The van der Waals surface area contributed by atoms with E-state index in [1.165, 1.54) is 5.56 Å². The van der Waals surface area contributed by atoms with E-state index in [0.717, 1.165) is 25.7 Å².